The van der Waals surface area contributed by atoms with Crippen LogP contribution in [0.1, 0.15) is 80.9 Å². The molecular weight excluding hydrogens is 436 g/mol. The highest BCUT2D eigenvalue weighted by molar-refractivity contribution is 7.32. The zero-order chi connectivity index (χ0) is 23.4. The molecule has 3 rings (SSSR count). The molecule has 182 valence electrons. The van der Waals surface area contributed by atoms with Gasteiger partial charge in [0.1, 0.15) is 5.82 Å². The van der Waals surface area contributed by atoms with Crippen LogP contribution in [0.4, 0.5) is 4.39 Å². The van der Waals surface area contributed by atoms with E-state index >= 15 is 0 Å². The number of rotatable bonds is 14. The molecule has 1 saturated carbocycles. The Kier molecular flexibility index (Phi) is 11.1. The van der Waals surface area contributed by atoms with Crippen molar-refractivity contribution in [3.05, 3.63) is 71.0 Å². The van der Waals surface area contributed by atoms with Crippen LogP contribution in [0.25, 0.3) is 0 Å². The molecule has 0 aliphatic heterocycles. The van der Waals surface area contributed by atoms with Crippen LogP contribution in [-0.2, 0) is 27.5 Å². The summed E-state index contributed by atoms with van der Waals surface area (Å²) in [5.74, 6) is -0.121. The van der Waals surface area contributed by atoms with Crippen LogP contribution in [-0.4, -0.2) is 18.0 Å². The summed E-state index contributed by atoms with van der Waals surface area (Å²) in [5.41, 5.74) is 3.57. The number of hydrogen-bond donors (Lipinski definition) is 2. The minimum Gasteiger partial charge on any atom is -0.326 e. The lowest BCUT2D eigenvalue weighted by Crippen LogP contribution is -2.29. The van der Waals surface area contributed by atoms with E-state index in [0.717, 1.165) is 30.4 Å². The standard InChI is InChI=1S/C27H39FNO3P/c28-26-21-23(22-29-19-10-20-32-33(30)31)14-15-24(26)11-4-2-7-16-27(17-8-3-9-18-27)25-12-5-1-6-13-25/h1,5-6,12-15,21,29,33H,2-4,7-11,16-20,22H2,(H,30,31). The first-order valence-electron chi connectivity index (χ1n) is 12.5. The molecule has 0 aromatic heterocycles. The fraction of sp³-hybridized carbons (Fsp3) is 0.556. The lowest BCUT2D eigenvalue weighted by molar-refractivity contribution is 0.265. The van der Waals surface area contributed by atoms with E-state index in [1.807, 2.05) is 12.1 Å². The lowest BCUT2D eigenvalue weighted by atomic mass is 9.66. The Bertz CT molecular complexity index is 856. The molecule has 0 heterocycles. The van der Waals surface area contributed by atoms with Crippen molar-refractivity contribution in [1.82, 2.24) is 5.32 Å². The van der Waals surface area contributed by atoms with Crippen LogP contribution < -0.4 is 5.32 Å². The number of aryl methyl sites for hydroxylation is 1. The van der Waals surface area contributed by atoms with Gasteiger partial charge < -0.3 is 14.7 Å². The molecule has 1 unspecified atom stereocenters. The highest BCUT2D eigenvalue weighted by Gasteiger charge is 2.32. The minimum absolute atomic E-state index is 0.121. The van der Waals surface area contributed by atoms with Crippen molar-refractivity contribution in [2.45, 2.75) is 82.6 Å². The molecule has 1 atom stereocenters. The zero-order valence-electron chi connectivity index (χ0n) is 19.7. The van der Waals surface area contributed by atoms with E-state index in [2.05, 4.69) is 40.2 Å². The van der Waals surface area contributed by atoms with E-state index in [0.29, 0.717) is 24.9 Å². The van der Waals surface area contributed by atoms with Gasteiger partial charge in [0.25, 0.3) is 0 Å². The molecule has 4 nitrogen and oxygen atoms in total. The van der Waals surface area contributed by atoms with E-state index < -0.39 is 8.25 Å². The molecular formula is C27H39FNO3P. The number of unbranched alkanes of at least 4 members (excludes halogenated alkanes) is 2. The highest BCUT2D eigenvalue weighted by Crippen LogP contribution is 2.43. The molecule has 2 N–H and O–H groups in total. The molecule has 0 spiro atoms. The number of benzene rings is 2. The third-order valence-electron chi connectivity index (χ3n) is 6.97. The predicted octanol–water partition coefficient (Wildman–Crippen LogP) is 6.71. The smallest absolute Gasteiger partial charge is 0.316 e. The average Bonchev–Trinajstić information content (AvgIpc) is 2.83. The van der Waals surface area contributed by atoms with Gasteiger partial charge in [0.2, 0.25) is 0 Å². The van der Waals surface area contributed by atoms with Gasteiger partial charge in [-0.2, -0.15) is 0 Å². The van der Waals surface area contributed by atoms with Crippen molar-refractivity contribution in [1.29, 1.82) is 0 Å². The van der Waals surface area contributed by atoms with Crippen LogP contribution >= 0.6 is 8.25 Å². The molecule has 33 heavy (non-hydrogen) atoms. The molecule has 1 aliphatic rings. The normalized spacial score (nSPS) is 16.5. The molecule has 0 bridgehead atoms. The monoisotopic (exact) mass is 475 g/mol. The maximum atomic E-state index is 14.5. The maximum Gasteiger partial charge on any atom is 0.316 e. The molecule has 2 aromatic carbocycles. The summed E-state index contributed by atoms with van der Waals surface area (Å²) in [4.78, 5) is 8.62. The molecule has 1 aliphatic carbocycles. The topological polar surface area (TPSA) is 58.6 Å². The van der Waals surface area contributed by atoms with Gasteiger partial charge in [-0.05, 0) is 73.2 Å². The van der Waals surface area contributed by atoms with E-state index in [1.54, 1.807) is 6.07 Å². The minimum atomic E-state index is -2.84. The first kappa shape index (κ1) is 26.1. The third kappa shape index (κ3) is 8.64. The van der Waals surface area contributed by atoms with E-state index in [4.69, 9.17) is 4.89 Å². The number of hydrogen-bond acceptors (Lipinski definition) is 3. The molecule has 1 fully saturated rings. The van der Waals surface area contributed by atoms with Gasteiger partial charge >= 0.3 is 8.25 Å². The van der Waals surface area contributed by atoms with Crippen molar-refractivity contribution in [2.75, 3.05) is 13.2 Å². The van der Waals surface area contributed by atoms with Crippen LogP contribution in [0, 0.1) is 5.82 Å². The Labute approximate surface area is 198 Å². The predicted molar refractivity (Wildman–Crippen MR) is 133 cm³/mol. The SMILES string of the molecule is O=[PH](O)OCCCNCc1ccc(CCCCCC2(c3ccccc3)CCCCC2)c(F)c1. The van der Waals surface area contributed by atoms with Crippen molar-refractivity contribution in [3.63, 3.8) is 0 Å². The number of halogens is 1. The van der Waals surface area contributed by atoms with Gasteiger partial charge in [-0.1, -0.05) is 74.6 Å². The Morgan fingerprint density at radius 2 is 1.79 bits per heavy atom. The Morgan fingerprint density at radius 3 is 2.52 bits per heavy atom. The van der Waals surface area contributed by atoms with Crippen molar-refractivity contribution in [2.24, 2.45) is 0 Å². The first-order chi connectivity index (χ1) is 16.1. The second-order valence-electron chi connectivity index (χ2n) is 9.34. The van der Waals surface area contributed by atoms with Crippen LogP contribution in [0.2, 0.25) is 0 Å². The van der Waals surface area contributed by atoms with Gasteiger partial charge in [-0.3, -0.25) is 4.57 Å². The molecule has 0 radical (unpaired) electrons. The second kappa shape index (κ2) is 14.0. The van der Waals surface area contributed by atoms with Gasteiger partial charge in [-0.15, -0.1) is 0 Å². The summed E-state index contributed by atoms with van der Waals surface area (Å²) in [6.45, 7) is 1.48. The van der Waals surface area contributed by atoms with Crippen LogP contribution in [0.15, 0.2) is 48.5 Å². The summed E-state index contributed by atoms with van der Waals surface area (Å²) >= 11 is 0. The fourth-order valence-corrected chi connectivity index (χ4v) is 5.47. The van der Waals surface area contributed by atoms with Gasteiger partial charge in [0, 0.05) is 6.54 Å². The lowest BCUT2D eigenvalue weighted by Gasteiger charge is -2.38. The van der Waals surface area contributed by atoms with Gasteiger partial charge in [-0.25, -0.2) is 4.39 Å². The van der Waals surface area contributed by atoms with Crippen LogP contribution in [0.3, 0.4) is 0 Å². The van der Waals surface area contributed by atoms with Crippen LogP contribution in [0.5, 0.6) is 0 Å². The van der Waals surface area contributed by atoms with E-state index in [1.165, 1.54) is 50.5 Å². The molecule has 2 aromatic rings. The van der Waals surface area contributed by atoms with E-state index in [-0.39, 0.29) is 12.4 Å². The summed E-state index contributed by atoms with van der Waals surface area (Å²) in [6.07, 6.45) is 12.7. The van der Waals surface area contributed by atoms with Crippen molar-refractivity contribution < 1.29 is 18.4 Å². The average molecular weight is 476 g/mol. The summed E-state index contributed by atoms with van der Waals surface area (Å²) < 4.78 is 29.7. The Morgan fingerprint density at radius 1 is 1.00 bits per heavy atom. The largest absolute Gasteiger partial charge is 0.326 e. The van der Waals surface area contributed by atoms with Crippen molar-refractivity contribution in [3.8, 4) is 0 Å². The zero-order valence-corrected chi connectivity index (χ0v) is 20.7. The fourth-order valence-electron chi connectivity index (χ4n) is 5.15. The van der Waals surface area contributed by atoms with E-state index in [9.17, 15) is 8.96 Å². The Balaban J connectivity index is 1.38. The summed E-state index contributed by atoms with van der Waals surface area (Å²) in [5, 5.41) is 3.21. The molecule has 6 heteroatoms. The third-order valence-corrected chi connectivity index (χ3v) is 7.42. The van der Waals surface area contributed by atoms with Crippen molar-refractivity contribution >= 4 is 8.25 Å². The molecule has 0 saturated heterocycles. The first-order valence-corrected chi connectivity index (χ1v) is 13.7. The quantitative estimate of drug-likeness (QED) is 0.236. The Hall–Kier alpha value is -1.52. The summed E-state index contributed by atoms with van der Waals surface area (Å²) in [6, 6.07) is 16.6. The molecule has 0 amide bonds. The summed E-state index contributed by atoms with van der Waals surface area (Å²) in [7, 11) is -2.84. The van der Waals surface area contributed by atoms with Gasteiger partial charge in [0.15, 0.2) is 0 Å². The second-order valence-corrected chi connectivity index (χ2v) is 10.2. The number of nitrogens with one attached hydrogen (secondary N) is 1. The maximum absolute atomic E-state index is 14.5. The highest BCUT2D eigenvalue weighted by atomic mass is 31.1. The van der Waals surface area contributed by atoms with Gasteiger partial charge in [0.05, 0.1) is 6.61 Å².